The molecule has 1 atom stereocenters. The van der Waals surface area contributed by atoms with Gasteiger partial charge in [-0.3, -0.25) is 9.69 Å². The van der Waals surface area contributed by atoms with Crippen LogP contribution in [0.4, 0.5) is 5.82 Å². The Labute approximate surface area is 217 Å². The van der Waals surface area contributed by atoms with Gasteiger partial charge in [-0.15, -0.1) is 11.3 Å². The lowest BCUT2D eigenvalue weighted by atomic mass is 10.2. The Morgan fingerprint density at radius 2 is 2.16 bits per heavy atom. The van der Waals surface area contributed by atoms with Crippen LogP contribution >= 0.6 is 11.3 Å². The van der Waals surface area contributed by atoms with Crippen LogP contribution in [0.15, 0.2) is 29.2 Å². The highest BCUT2D eigenvalue weighted by Crippen LogP contribution is 2.32. The zero-order chi connectivity index (χ0) is 25.5. The summed E-state index contributed by atoms with van der Waals surface area (Å²) in [6.45, 7) is 8.84. The van der Waals surface area contributed by atoms with Gasteiger partial charge in [0.05, 0.1) is 32.3 Å². The van der Waals surface area contributed by atoms with Crippen molar-refractivity contribution in [1.29, 1.82) is 0 Å². The highest BCUT2D eigenvalue weighted by atomic mass is 32.1. The number of likely N-dealkylation sites (tertiary alicyclic amines) is 1. The molecular formula is C26H30N8O2S. The quantitative estimate of drug-likeness (QED) is 0.280. The Hall–Kier alpha value is -3.70. The zero-order valence-corrected chi connectivity index (χ0v) is 21.5. The lowest BCUT2D eigenvalue weighted by Gasteiger charge is -2.22. The Kier molecular flexibility index (Phi) is 6.17. The van der Waals surface area contributed by atoms with Crippen molar-refractivity contribution in [3.8, 4) is 10.6 Å². The van der Waals surface area contributed by atoms with Crippen LogP contribution in [0.25, 0.3) is 28.9 Å². The molecule has 2 fully saturated rings. The lowest BCUT2D eigenvalue weighted by Crippen LogP contribution is -2.39. The molecular weight excluding hydrogens is 488 g/mol. The fourth-order valence-electron chi connectivity index (χ4n) is 4.90. The van der Waals surface area contributed by atoms with Crippen molar-refractivity contribution in [3.63, 3.8) is 0 Å². The number of hydrogen-bond donors (Lipinski definition) is 4. The summed E-state index contributed by atoms with van der Waals surface area (Å²) in [4.78, 5) is 38.9. The Balaban J connectivity index is 1.31. The van der Waals surface area contributed by atoms with E-state index in [1.165, 1.54) is 17.8 Å². The molecule has 11 heteroatoms. The largest absolute Gasteiger partial charge is 0.367 e. The number of aromatic amines is 2. The van der Waals surface area contributed by atoms with Gasteiger partial charge in [0.15, 0.2) is 5.65 Å². The Morgan fingerprint density at radius 1 is 1.30 bits per heavy atom. The van der Waals surface area contributed by atoms with E-state index < -0.39 is 0 Å². The molecule has 0 radical (unpaired) electrons. The van der Waals surface area contributed by atoms with Crippen molar-refractivity contribution in [2.24, 2.45) is 0 Å². The molecule has 1 aliphatic heterocycles. The van der Waals surface area contributed by atoms with Gasteiger partial charge in [-0.25, -0.2) is 9.78 Å². The third-order valence-electron chi connectivity index (χ3n) is 7.05. The van der Waals surface area contributed by atoms with Gasteiger partial charge in [0.1, 0.15) is 5.82 Å². The molecule has 192 valence electrons. The van der Waals surface area contributed by atoms with Gasteiger partial charge in [0, 0.05) is 30.3 Å². The average Bonchev–Trinajstić information content (AvgIpc) is 3.28. The van der Waals surface area contributed by atoms with Gasteiger partial charge in [0.2, 0.25) is 0 Å². The van der Waals surface area contributed by atoms with Crippen molar-refractivity contribution in [2.45, 2.75) is 44.7 Å². The molecule has 37 heavy (non-hydrogen) atoms. The molecule has 4 N–H and O–H groups in total. The molecule has 0 bridgehead atoms. The van der Waals surface area contributed by atoms with Crippen LogP contribution in [0, 0.1) is 0 Å². The SMILES string of the molecule is C=c1[nH]c(=O)[nH]/c1=C\c1cnn2c(NC3CC3)cc(-c3ccc(C(=O)NCC4CCCN4CC)s3)nc12. The number of nitrogens with zero attached hydrogens (tertiary/aromatic N) is 4. The average molecular weight is 519 g/mol. The Morgan fingerprint density at radius 3 is 2.92 bits per heavy atom. The summed E-state index contributed by atoms with van der Waals surface area (Å²) in [6, 6.07) is 6.64. The molecule has 6 rings (SSSR count). The van der Waals surface area contributed by atoms with Crippen molar-refractivity contribution < 1.29 is 4.79 Å². The van der Waals surface area contributed by atoms with Crippen LogP contribution in [0.3, 0.4) is 0 Å². The number of nitrogens with one attached hydrogen (secondary N) is 4. The predicted molar refractivity (Wildman–Crippen MR) is 145 cm³/mol. The number of likely N-dealkylation sites (N-methyl/N-ethyl adjacent to an activating group) is 1. The number of H-pyrrole nitrogens is 2. The molecule has 2 aliphatic rings. The molecule has 4 aromatic rings. The first-order chi connectivity index (χ1) is 18.0. The number of rotatable bonds is 8. The second-order valence-corrected chi connectivity index (χ2v) is 10.8. The number of carbonyl (C=O) groups is 1. The first-order valence-corrected chi connectivity index (χ1v) is 13.6. The Bertz CT molecular complexity index is 1630. The van der Waals surface area contributed by atoms with E-state index in [4.69, 9.17) is 4.98 Å². The normalized spacial score (nSPS) is 18.6. The van der Waals surface area contributed by atoms with E-state index in [9.17, 15) is 9.59 Å². The van der Waals surface area contributed by atoms with E-state index in [-0.39, 0.29) is 11.6 Å². The molecule has 1 amide bonds. The second kappa shape index (κ2) is 9.64. The third kappa shape index (κ3) is 4.84. The minimum atomic E-state index is -0.308. The van der Waals surface area contributed by atoms with E-state index >= 15 is 0 Å². The number of anilines is 1. The second-order valence-electron chi connectivity index (χ2n) is 9.69. The summed E-state index contributed by atoms with van der Waals surface area (Å²) < 4.78 is 1.78. The first kappa shape index (κ1) is 23.7. The molecule has 1 unspecified atom stereocenters. The summed E-state index contributed by atoms with van der Waals surface area (Å²) in [5, 5.41) is 12.3. The molecule has 0 aromatic carbocycles. The van der Waals surface area contributed by atoms with Crippen LogP contribution < -0.4 is 27.0 Å². The van der Waals surface area contributed by atoms with Crippen LogP contribution in [0.1, 0.15) is 47.8 Å². The molecule has 4 aromatic heterocycles. The van der Waals surface area contributed by atoms with E-state index in [2.05, 4.69) is 44.1 Å². The standard InChI is InChI=1S/C26H30N8O2S/c1-3-33-10-4-5-18(33)14-27-25(35)22-9-8-21(37-22)20-12-23(30-17-6-7-17)34-24(31-20)16(13-28-34)11-19-15(2)29-26(36)32-19/h8-9,11-13,17-18,30H,2-7,10,14H2,1H3,(H,27,35)(H2,29,32,36)/b19-11-. The maximum Gasteiger partial charge on any atom is 0.323 e. The van der Waals surface area contributed by atoms with Crippen molar-refractivity contribution in [3.05, 3.63) is 56.0 Å². The molecule has 1 aliphatic carbocycles. The highest BCUT2D eigenvalue weighted by molar-refractivity contribution is 7.17. The molecule has 5 heterocycles. The monoisotopic (exact) mass is 518 g/mol. The highest BCUT2D eigenvalue weighted by Gasteiger charge is 2.25. The minimum absolute atomic E-state index is 0.0469. The molecule has 0 spiro atoms. The van der Waals surface area contributed by atoms with Gasteiger partial charge < -0.3 is 20.6 Å². The number of carbonyl (C=O) groups excluding carboxylic acids is 1. The van der Waals surface area contributed by atoms with E-state index in [0.29, 0.717) is 39.9 Å². The van der Waals surface area contributed by atoms with E-state index in [0.717, 1.165) is 54.3 Å². The van der Waals surface area contributed by atoms with Crippen molar-refractivity contribution >= 4 is 41.4 Å². The number of aromatic nitrogens is 5. The molecule has 1 saturated carbocycles. The summed E-state index contributed by atoms with van der Waals surface area (Å²) in [6.07, 6.45) is 8.10. The number of hydrogen-bond acceptors (Lipinski definition) is 7. The summed E-state index contributed by atoms with van der Waals surface area (Å²) >= 11 is 1.43. The maximum absolute atomic E-state index is 12.9. The molecule has 1 saturated heterocycles. The predicted octanol–water partition coefficient (Wildman–Crippen LogP) is 1.50. The maximum atomic E-state index is 12.9. The zero-order valence-electron chi connectivity index (χ0n) is 20.7. The van der Waals surface area contributed by atoms with E-state index in [1.54, 1.807) is 10.7 Å². The summed E-state index contributed by atoms with van der Waals surface area (Å²) in [5.41, 5.74) is 1.87. The van der Waals surface area contributed by atoms with Crippen LogP contribution in [-0.2, 0) is 0 Å². The summed E-state index contributed by atoms with van der Waals surface area (Å²) in [5.74, 6) is 0.800. The van der Waals surface area contributed by atoms with E-state index in [1.807, 2.05) is 24.3 Å². The fourth-order valence-corrected chi connectivity index (χ4v) is 5.78. The first-order valence-electron chi connectivity index (χ1n) is 12.7. The van der Waals surface area contributed by atoms with Crippen LogP contribution in [0.5, 0.6) is 0 Å². The van der Waals surface area contributed by atoms with Crippen molar-refractivity contribution in [1.82, 2.24) is 34.8 Å². The number of amides is 1. The van der Waals surface area contributed by atoms with Gasteiger partial charge in [0.25, 0.3) is 5.91 Å². The third-order valence-corrected chi connectivity index (χ3v) is 8.16. The molecule has 10 nitrogen and oxygen atoms in total. The van der Waals surface area contributed by atoms with Crippen LogP contribution in [-0.4, -0.2) is 67.1 Å². The fraction of sp³-hybridized carbons (Fsp3) is 0.385. The van der Waals surface area contributed by atoms with Gasteiger partial charge in [-0.2, -0.15) is 9.61 Å². The van der Waals surface area contributed by atoms with Crippen molar-refractivity contribution in [2.75, 3.05) is 25.0 Å². The van der Waals surface area contributed by atoms with Crippen LogP contribution in [0.2, 0.25) is 0 Å². The smallest absolute Gasteiger partial charge is 0.323 e. The minimum Gasteiger partial charge on any atom is -0.367 e. The summed E-state index contributed by atoms with van der Waals surface area (Å²) in [7, 11) is 0. The number of imidazole rings is 1. The lowest BCUT2D eigenvalue weighted by molar-refractivity contribution is 0.0945. The number of fused-ring (bicyclic) bond motifs is 1. The topological polar surface area (TPSA) is 123 Å². The number of thiophene rings is 1. The van der Waals surface area contributed by atoms with Gasteiger partial charge in [-0.05, 0) is 57.0 Å². The van der Waals surface area contributed by atoms with Gasteiger partial charge >= 0.3 is 5.69 Å². The van der Waals surface area contributed by atoms with Gasteiger partial charge in [-0.1, -0.05) is 13.5 Å².